The van der Waals surface area contributed by atoms with Crippen molar-refractivity contribution >= 4 is 33.4 Å². The maximum Gasteiger partial charge on any atom is 0.236 e. The van der Waals surface area contributed by atoms with Crippen LogP contribution in [0.1, 0.15) is 16.7 Å². The third kappa shape index (κ3) is 5.80. The van der Waals surface area contributed by atoms with Crippen molar-refractivity contribution in [3.05, 3.63) is 96.3 Å². The molecule has 0 bridgehead atoms. The van der Waals surface area contributed by atoms with Gasteiger partial charge in [0.1, 0.15) is 5.75 Å². The Hall–Kier alpha value is -3.38. The lowest BCUT2D eigenvalue weighted by Crippen LogP contribution is -2.18. The van der Waals surface area contributed by atoms with Crippen molar-refractivity contribution in [2.24, 2.45) is 0 Å². The molecular formula is C23H22N2O3S. The minimum atomic E-state index is -3.63. The van der Waals surface area contributed by atoms with Crippen molar-refractivity contribution in [2.75, 3.05) is 17.6 Å². The van der Waals surface area contributed by atoms with E-state index in [2.05, 4.69) is 16.3 Å². The highest BCUT2D eigenvalue weighted by Crippen LogP contribution is 2.22. The topological polar surface area (TPSA) is 68.3 Å². The Labute approximate surface area is 171 Å². The first-order valence-corrected chi connectivity index (χ1v) is 10.6. The van der Waals surface area contributed by atoms with Crippen LogP contribution in [0.4, 0.5) is 5.69 Å². The van der Waals surface area contributed by atoms with E-state index in [1.54, 1.807) is 55.9 Å². The van der Waals surface area contributed by atoms with Gasteiger partial charge in [-0.25, -0.2) is 8.42 Å². The number of hydrogen-bond acceptors (Lipinski definition) is 4. The fraction of sp³-hybridized carbons (Fsp3) is 0.0870. The second kappa shape index (κ2) is 9.21. The number of methoxy groups -OCH3 is 1. The van der Waals surface area contributed by atoms with Crippen molar-refractivity contribution in [1.82, 2.24) is 4.98 Å². The van der Waals surface area contributed by atoms with Gasteiger partial charge in [-0.3, -0.25) is 9.71 Å². The summed E-state index contributed by atoms with van der Waals surface area (Å²) in [5.41, 5.74) is 3.51. The largest absolute Gasteiger partial charge is 0.497 e. The first-order valence-electron chi connectivity index (χ1n) is 8.97. The van der Waals surface area contributed by atoms with Crippen LogP contribution in [-0.2, 0) is 10.0 Å². The molecule has 5 nitrogen and oxygen atoms in total. The zero-order chi connectivity index (χ0) is 20.7. The predicted octanol–water partition coefficient (Wildman–Crippen LogP) is 4.72. The van der Waals surface area contributed by atoms with Crippen LogP contribution in [-0.4, -0.2) is 26.3 Å². The molecule has 0 atom stereocenters. The molecule has 29 heavy (non-hydrogen) atoms. The Bertz CT molecular complexity index is 1110. The number of nitrogens with zero attached hydrogens (tertiary/aromatic N) is 1. The molecule has 6 heteroatoms. The van der Waals surface area contributed by atoms with Crippen molar-refractivity contribution in [3.63, 3.8) is 0 Å². The van der Waals surface area contributed by atoms with Gasteiger partial charge in [0.2, 0.25) is 10.0 Å². The zero-order valence-corrected chi connectivity index (χ0v) is 16.9. The second-order valence-corrected chi connectivity index (χ2v) is 8.12. The maximum atomic E-state index is 12.7. The van der Waals surface area contributed by atoms with Gasteiger partial charge in [-0.15, -0.1) is 0 Å². The molecule has 0 fully saturated rings. The van der Waals surface area contributed by atoms with E-state index >= 15 is 0 Å². The summed E-state index contributed by atoms with van der Waals surface area (Å²) in [6.07, 6.45) is 7.19. The summed E-state index contributed by atoms with van der Waals surface area (Å²) in [7, 11) is -2.05. The van der Waals surface area contributed by atoms with Gasteiger partial charge >= 0.3 is 0 Å². The summed E-state index contributed by atoms with van der Waals surface area (Å²) in [6.45, 7) is 3.93. The van der Waals surface area contributed by atoms with E-state index in [-0.39, 0.29) is 5.75 Å². The minimum absolute atomic E-state index is 0.207. The second-order valence-electron chi connectivity index (χ2n) is 6.39. The molecular weight excluding hydrogens is 384 g/mol. The third-order valence-corrected chi connectivity index (χ3v) is 5.51. The van der Waals surface area contributed by atoms with Crippen LogP contribution in [0.2, 0.25) is 0 Å². The van der Waals surface area contributed by atoms with Crippen molar-refractivity contribution in [3.8, 4) is 5.75 Å². The molecule has 2 aromatic carbocycles. The van der Waals surface area contributed by atoms with Crippen LogP contribution in [0.5, 0.6) is 5.75 Å². The highest BCUT2D eigenvalue weighted by Gasteiger charge is 2.15. The number of pyridine rings is 1. The molecule has 3 aromatic rings. The highest BCUT2D eigenvalue weighted by molar-refractivity contribution is 7.93. The van der Waals surface area contributed by atoms with Crippen LogP contribution >= 0.6 is 0 Å². The Morgan fingerprint density at radius 1 is 1.03 bits per heavy atom. The van der Waals surface area contributed by atoms with Crippen LogP contribution in [0.15, 0.2) is 79.6 Å². The standard InChI is InChI=1S/C23H22N2O3S/c1-18(20-9-11-22(28-2)12-10-20)17-29(26,27)25-23-6-4-3-5-21(23)8-7-19-13-15-24-16-14-19/h3-16,25H,1,17H2,2H3. The van der Waals surface area contributed by atoms with E-state index in [4.69, 9.17) is 4.74 Å². The molecule has 0 amide bonds. The lowest BCUT2D eigenvalue weighted by Gasteiger charge is -2.12. The third-order valence-electron chi connectivity index (χ3n) is 4.25. The molecule has 0 aliphatic rings. The van der Waals surface area contributed by atoms with E-state index < -0.39 is 10.0 Å². The number of aromatic nitrogens is 1. The van der Waals surface area contributed by atoms with E-state index in [1.807, 2.05) is 36.4 Å². The Kier molecular flexibility index (Phi) is 6.46. The van der Waals surface area contributed by atoms with Crippen LogP contribution < -0.4 is 9.46 Å². The van der Waals surface area contributed by atoms with Crippen LogP contribution in [0.3, 0.4) is 0 Å². The Morgan fingerprint density at radius 2 is 1.72 bits per heavy atom. The van der Waals surface area contributed by atoms with Gasteiger partial charge in [-0.1, -0.05) is 49.1 Å². The number of para-hydroxylation sites is 1. The minimum Gasteiger partial charge on any atom is -0.497 e. The smallest absolute Gasteiger partial charge is 0.236 e. The maximum absolute atomic E-state index is 12.7. The van der Waals surface area contributed by atoms with Gasteiger partial charge in [0.15, 0.2) is 0 Å². The summed E-state index contributed by atoms with van der Waals surface area (Å²) in [5.74, 6) is 0.499. The quantitative estimate of drug-likeness (QED) is 0.588. The van der Waals surface area contributed by atoms with E-state index in [0.717, 1.165) is 16.7 Å². The number of sulfonamides is 1. The fourth-order valence-electron chi connectivity index (χ4n) is 2.74. The van der Waals surface area contributed by atoms with Crippen LogP contribution in [0.25, 0.3) is 17.7 Å². The van der Waals surface area contributed by atoms with Gasteiger partial charge < -0.3 is 4.74 Å². The lowest BCUT2D eigenvalue weighted by atomic mass is 10.1. The summed E-state index contributed by atoms with van der Waals surface area (Å²) < 4.78 is 33.2. The summed E-state index contributed by atoms with van der Waals surface area (Å²) >= 11 is 0. The molecule has 0 aliphatic carbocycles. The Balaban J connectivity index is 1.74. The number of hydrogen-bond donors (Lipinski definition) is 1. The number of rotatable bonds is 8. The number of benzene rings is 2. The number of anilines is 1. The molecule has 0 aliphatic heterocycles. The van der Waals surface area contributed by atoms with Crippen molar-refractivity contribution in [2.45, 2.75) is 0 Å². The van der Waals surface area contributed by atoms with E-state index in [1.165, 1.54) is 0 Å². The van der Waals surface area contributed by atoms with Gasteiger partial charge in [0, 0.05) is 12.4 Å². The summed E-state index contributed by atoms with van der Waals surface area (Å²) in [6, 6.07) is 18.1. The number of nitrogens with one attached hydrogen (secondary N) is 1. The lowest BCUT2D eigenvalue weighted by molar-refractivity contribution is 0.415. The SMILES string of the molecule is C=C(CS(=O)(=O)Nc1ccccc1C=Cc1ccncc1)c1ccc(OC)cc1. The zero-order valence-electron chi connectivity index (χ0n) is 16.1. The average Bonchev–Trinajstić information content (AvgIpc) is 2.73. The average molecular weight is 407 g/mol. The van der Waals surface area contributed by atoms with Crippen LogP contribution in [0, 0.1) is 0 Å². The molecule has 0 radical (unpaired) electrons. The normalized spacial score (nSPS) is 11.3. The van der Waals surface area contributed by atoms with Gasteiger partial charge in [-0.05, 0) is 52.6 Å². The van der Waals surface area contributed by atoms with Gasteiger partial charge in [0.05, 0.1) is 18.6 Å². The first kappa shape index (κ1) is 20.4. The molecule has 0 saturated carbocycles. The molecule has 1 heterocycles. The monoisotopic (exact) mass is 406 g/mol. The molecule has 1 N–H and O–H groups in total. The molecule has 3 rings (SSSR count). The molecule has 148 valence electrons. The first-order chi connectivity index (χ1) is 14.0. The highest BCUT2D eigenvalue weighted by atomic mass is 32.2. The molecule has 0 unspecified atom stereocenters. The predicted molar refractivity (Wildman–Crippen MR) is 119 cm³/mol. The van der Waals surface area contributed by atoms with E-state index in [0.29, 0.717) is 17.0 Å². The fourth-order valence-corrected chi connectivity index (χ4v) is 3.96. The number of ether oxygens (including phenoxy) is 1. The Morgan fingerprint density at radius 3 is 2.41 bits per heavy atom. The van der Waals surface area contributed by atoms with Gasteiger partial charge in [0.25, 0.3) is 0 Å². The van der Waals surface area contributed by atoms with Gasteiger partial charge in [-0.2, -0.15) is 0 Å². The van der Waals surface area contributed by atoms with Crippen molar-refractivity contribution in [1.29, 1.82) is 0 Å². The van der Waals surface area contributed by atoms with Crippen molar-refractivity contribution < 1.29 is 13.2 Å². The molecule has 1 aromatic heterocycles. The summed E-state index contributed by atoms with van der Waals surface area (Å²) in [5, 5.41) is 0. The summed E-state index contributed by atoms with van der Waals surface area (Å²) in [4.78, 5) is 3.99. The van der Waals surface area contributed by atoms with E-state index in [9.17, 15) is 8.42 Å². The molecule has 0 saturated heterocycles. The molecule has 0 spiro atoms.